The van der Waals surface area contributed by atoms with Gasteiger partial charge >= 0.3 is 5.97 Å². The van der Waals surface area contributed by atoms with E-state index < -0.39 is 12.1 Å². The Bertz CT molecular complexity index is 607. The van der Waals surface area contributed by atoms with Gasteiger partial charge in [-0.1, -0.05) is 38.3 Å². The van der Waals surface area contributed by atoms with Crippen molar-refractivity contribution in [1.82, 2.24) is 5.32 Å². The van der Waals surface area contributed by atoms with Crippen LogP contribution in [0, 0.1) is 5.92 Å². The minimum absolute atomic E-state index is 0.128. The molecule has 0 saturated carbocycles. The normalized spacial score (nSPS) is 21.1. The maximum Gasteiger partial charge on any atom is 0.341 e. The summed E-state index contributed by atoms with van der Waals surface area (Å²) in [5, 5.41) is 33.0. The third kappa shape index (κ3) is 7.41. The fraction of sp³-hybridized carbons (Fsp3) is 0.682. The maximum atomic E-state index is 10.8. The summed E-state index contributed by atoms with van der Waals surface area (Å²) < 4.78 is 5.45. The summed E-state index contributed by atoms with van der Waals surface area (Å²) in [6.45, 7) is 2.80. The van der Waals surface area contributed by atoms with Crippen LogP contribution in [-0.4, -0.2) is 46.6 Å². The zero-order chi connectivity index (χ0) is 20.4. The van der Waals surface area contributed by atoms with Gasteiger partial charge in [-0.25, -0.2) is 4.79 Å². The van der Waals surface area contributed by atoms with Gasteiger partial charge in [0.15, 0.2) is 6.61 Å². The van der Waals surface area contributed by atoms with Crippen LogP contribution < -0.4 is 10.1 Å². The van der Waals surface area contributed by atoms with Crippen molar-refractivity contribution in [2.75, 3.05) is 13.2 Å². The van der Waals surface area contributed by atoms with Crippen LogP contribution >= 0.6 is 0 Å². The molecule has 0 unspecified atom stereocenters. The van der Waals surface area contributed by atoms with E-state index in [0.29, 0.717) is 18.8 Å². The third-order valence-corrected chi connectivity index (χ3v) is 5.58. The molecule has 0 aromatic heterocycles. The van der Waals surface area contributed by atoms with E-state index in [1.807, 2.05) is 12.1 Å². The highest BCUT2D eigenvalue weighted by Crippen LogP contribution is 2.28. The van der Waals surface area contributed by atoms with Crippen molar-refractivity contribution in [3.05, 3.63) is 29.3 Å². The summed E-state index contributed by atoms with van der Waals surface area (Å²) in [4.78, 5) is 10.8. The topological polar surface area (TPSA) is 99.0 Å². The molecule has 0 bridgehead atoms. The van der Waals surface area contributed by atoms with Crippen molar-refractivity contribution < 1.29 is 24.9 Å². The molecule has 6 heteroatoms. The van der Waals surface area contributed by atoms with Gasteiger partial charge in [-0.3, -0.25) is 0 Å². The minimum Gasteiger partial charge on any atom is -0.482 e. The number of carboxylic acids is 1. The molecule has 0 radical (unpaired) electrons. The number of aliphatic carboxylic acids is 1. The number of aliphatic hydroxyl groups is 2. The average molecular weight is 394 g/mol. The van der Waals surface area contributed by atoms with E-state index in [1.54, 1.807) is 6.07 Å². The molecule has 6 nitrogen and oxygen atoms in total. The van der Waals surface area contributed by atoms with Gasteiger partial charge in [-0.15, -0.1) is 0 Å². The molecular formula is C22H35NO5. The molecule has 3 atom stereocenters. The molecule has 0 saturated heterocycles. The van der Waals surface area contributed by atoms with Gasteiger partial charge < -0.3 is 25.4 Å². The summed E-state index contributed by atoms with van der Waals surface area (Å²) in [5.74, 6) is -0.281. The second-order valence-electron chi connectivity index (χ2n) is 7.80. The lowest BCUT2D eigenvalue weighted by atomic mass is 9.88. The first-order valence-corrected chi connectivity index (χ1v) is 10.5. The number of carbonyl (C=O) groups is 1. The first kappa shape index (κ1) is 22.7. The molecule has 0 amide bonds. The first-order chi connectivity index (χ1) is 13.5. The molecule has 0 spiro atoms. The Balaban J connectivity index is 1.97. The highest BCUT2D eigenvalue weighted by molar-refractivity contribution is 5.68. The molecule has 1 heterocycles. The van der Waals surface area contributed by atoms with E-state index in [-0.39, 0.29) is 18.6 Å². The summed E-state index contributed by atoms with van der Waals surface area (Å²) in [6.07, 6.45) is 6.60. The summed E-state index contributed by atoms with van der Waals surface area (Å²) >= 11 is 0. The monoisotopic (exact) mass is 393 g/mol. The summed E-state index contributed by atoms with van der Waals surface area (Å²) in [6, 6.07) is 5.72. The zero-order valence-corrected chi connectivity index (χ0v) is 16.9. The van der Waals surface area contributed by atoms with Crippen molar-refractivity contribution in [3.63, 3.8) is 0 Å². The molecule has 1 aliphatic heterocycles. The van der Waals surface area contributed by atoms with Crippen molar-refractivity contribution >= 4 is 5.97 Å². The number of aryl methyl sites for hydroxylation is 1. The Kier molecular flexibility index (Phi) is 9.75. The molecular weight excluding hydrogens is 358 g/mol. The lowest BCUT2D eigenvalue weighted by Crippen LogP contribution is -2.32. The number of rotatable bonds is 10. The van der Waals surface area contributed by atoms with Crippen LogP contribution in [0.15, 0.2) is 18.2 Å². The number of ether oxygens (including phenoxy) is 1. The molecule has 1 aromatic carbocycles. The van der Waals surface area contributed by atoms with Crippen LogP contribution in [0.5, 0.6) is 5.75 Å². The minimum atomic E-state index is -0.999. The fourth-order valence-electron chi connectivity index (χ4n) is 3.88. The van der Waals surface area contributed by atoms with E-state index in [9.17, 15) is 15.0 Å². The molecule has 0 aliphatic carbocycles. The van der Waals surface area contributed by atoms with E-state index >= 15 is 0 Å². The maximum absolute atomic E-state index is 10.8. The number of β-amino-alcohol motifs (C(OH)–C–C–N with tert-alkyl or cyclic N) is 1. The lowest BCUT2D eigenvalue weighted by molar-refractivity contribution is -0.139. The second-order valence-corrected chi connectivity index (χ2v) is 7.80. The largest absolute Gasteiger partial charge is 0.482 e. The van der Waals surface area contributed by atoms with Crippen LogP contribution in [-0.2, 0) is 17.8 Å². The van der Waals surface area contributed by atoms with Gasteiger partial charge in [0, 0.05) is 18.7 Å². The summed E-state index contributed by atoms with van der Waals surface area (Å²) in [7, 11) is 0. The van der Waals surface area contributed by atoms with Crippen molar-refractivity contribution in [2.45, 2.75) is 77.0 Å². The van der Waals surface area contributed by atoms with Gasteiger partial charge in [-0.2, -0.15) is 0 Å². The standard InChI is InChI=1S/C22H35NO5/c1-2-3-4-7-18(24)12-11-17-10-9-16-6-5-8-21(28-15-22(26)27)19(16)13-23-14-20(17)25/h5-6,8,17-18,20,23-25H,2-4,7,9-15H2,1H3,(H,26,27)/t17-,18-,20+/m0/s1. The Morgan fingerprint density at radius 3 is 2.89 bits per heavy atom. The van der Waals surface area contributed by atoms with Crippen LogP contribution in [0.2, 0.25) is 0 Å². The molecule has 2 rings (SSSR count). The second kappa shape index (κ2) is 12.0. The molecule has 1 aliphatic rings. The first-order valence-electron chi connectivity index (χ1n) is 10.5. The zero-order valence-electron chi connectivity index (χ0n) is 16.9. The third-order valence-electron chi connectivity index (χ3n) is 5.58. The van der Waals surface area contributed by atoms with Gasteiger partial charge in [0.2, 0.25) is 0 Å². The van der Waals surface area contributed by atoms with E-state index in [2.05, 4.69) is 12.2 Å². The smallest absolute Gasteiger partial charge is 0.341 e. The van der Waals surface area contributed by atoms with Crippen LogP contribution in [0.1, 0.15) is 63.0 Å². The quantitative estimate of drug-likeness (QED) is 0.456. The Hall–Kier alpha value is -1.63. The van der Waals surface area contributed by atoms with Crippen molar-refractivity contribution in [1.29, 1.82) is 0 Å². The van der Waals surface area contributed by atoms with E-state index in [0.717, 1.165) is 62.5 Å². The molecule has 0 fully saturated rings. The molecule has 4 N–H and O–H groups in total. The van der Waals surface area contributed by atoms with E-state index in [1.165, 1.54) is 0 Å². The number of fused-ring (bicyclic) bond motifs is 1. The molecule has 28 heavy (non-hydrogen) atoms. The molecule has 158 valence electrons. The Labute approximate surface area is 167 Å². The predicted molar refractivity (Wildman–Crippen MR) is 108 cm³/mol. The van der Waals surface area contributed by atoms with Crippen LogP contribution in [0.3, 0.4) is 0 Å². The van der Waals surface area contributed by atoms with Gasteiger partial charge in [0.25, 0.3) is 0 Å². The molecule has 1 aromatic rings. The average Bonchev–Trinajstić information content (AvgIpc) is 2.74. The number of benzene rings is 1. The van der Waals surface area contributed by atoms with Gasteiger partial charge in [0.1, 0.15) is 5.75 Å². The van der Waals surface area contributed by atoms with Gasteiger partial charge in [0.05, 0.1) is 12.2 Å². The Morgan fingerprint density at radius 1 is 1.32 bits per heavy atom. The summed E-state index contributed by atoms with van der Waals surface area (Å²) in [5.41, 5.74) is 2.09. The Morgan fingerprint density at radius 2 is 2.14 bits per heavy atom. The number of nitrogens with one attached hydrogen (secondary N) is 1. The SMILES string of the molecule is CCCCC[C@H](O)CC[C@@H]1CCc2cccc(OCC(=O)O)c2CNC[C@H]1O. The number of hydrogen-bond donors (Lipinski definition) is 4. The van der Waals surface area contributed by atoms with Crippen molar-refractivity contribution in [2.24, 2.45) is 5.92 Å². The lowest BCUT2D eigenvalue weighted by Gasteiger charge is -2.23. The van der Waals surface area contributed by atoms with Crippen LogP contribution in [0.25, 0.3) is 0 Å². The fourth-order valence-corrected chi connectivity index (χ4v) is 3.88. The number of hydrogen-bond acceptors (Lipinski definition) is 5. The number of carboxylic acid groups (broad SMARTS) is 1. The van der Waals surface area contributed by atoms with Gasteiger partial charge in [-0.05, 0) is 49.7 Å². The highest BCUT2D eigenvalue weighted by Gasteiger charge is 2.23. The number of unbranched alkanes of at least 4 members (excludes halogenated alkanes) is 2. The van der Waals surface area contributed by atoms with Crippen molar-refractivity contribution in [3.8, 4) is 5.75 Å². The predicted octanol–water partition coefficient (Wildman–Crippen LogP) is 2.88. The van der Waals surface area contributed by atoms with Crippen LogP contribution in [0.4, 0.5) is 0 Å². The number of aliphatic hydroxyl groups excluding tert-OH is 2. The highest BCUT2D eigenvalue weighted by atomic mass is 16.5. The van der Waals surface area contributed by atoms with E-state index in [4.69, 9.17) is 9.84 Å².